The molecule has 9 nitrogen and oxygen atoms in total. The van der Waals surface area contributed by atoms with E-state index in [1.807, 2.05) is 33.3 Å². The molecule has 0 aliphatic carbocycles. The number of amides is 1. The van der Waals surface area contributed by atoms with Crippen molar-refractivity contribution in [1.29, 1.82) is 0 Å². The number of hydrogen-bond acceptors (Lipinski definition) is 6. The molecule has 0 heterocycles. The number of phosphoric ester groups is 1. The Morgan fingerprint density at radius 2 is 0.824 bits per heavy atom. The molecule has 10 heteroatoms. The van der Waals surface area contributed by atoms with Crippen LogP contribution in [-0.2, 0) is 27.9 Å². The van der Waals surface area contributed by atoms with Crippen molar-refractivity contribution >= 4 is 19.7 Å². The maximum absolute atomic E-state index is 13.5. The summed E-state index contributed by atoms with van der Waals surface area (Å²) in [7, 11) is 1.48. The van der Waals surface area contributed by atoms with E-state index in [1.165, 1.54) is 128 Å². The molecule has 0 rings (SSSR count). The van der Waals surface area contributed by atoms with Crippen LogP contribution in [0.15, 0.2) is 72.9 Å². The SMILES string of the molecule is CCCCC/C=C\C/C=C\C/C=C\C/C=C\CCCCCCCC(=O)NC(COP(=O)(O)OCC[N+](C)(C)C)C(/C=C\CCCCCCCCCCCC)OC(=O)CCCCCCCCC/C=C\CCCCCC. The van der Waals surface area contributed by atoms with Crippen LogP contribution in [0.3, 0.4) is 0 Å². The van der Waals surface area contributed by atoms with Gasteiger partial charge in [0.15, 0.2) is 0 Å². The van der Waals surface area contributed by atoms with Crippen molar-refractivity contribution in [3.63, 3.8) is 0 Å². The Bertz CT molecular complexity index is 1500. The van der Waals surface area contributed by atoms with E-state index < -0.39 is 20.0 Å². The molecule has 0 aliphatic rings. The number of unbranched alkanes of at least 4 members (excludes halogenated alkanes) is 29. The Morgan fingerprint density at radius 3 is 1.28 bits per heavy atom. The molecule has 0 bridgehead atoms. The second-order valence-electron chi connectivity index (χ2n) is 21.9. The zero-order valence-electron chi connectivity index (χ0n) is 49.1. The molecule has 430 valence electrons. The minimum atomic E-state index is -4.46. The van der Waals surface area contributed by atoms with Crippen LogP contribution in [0.1, 0.15) is 271 Å². The quantitative estimate of drug-likeness (QED) is 0.0205. The van der Waals surface area contributed by atoms with E-state index in [1.54, 1.807) is 0 Å². The van der Waals surface area contributed by atoms with Gasteiger partial charge in [0.1, 0.15) is 19.3 Å². The van der Waals surface area contributed by atoms with E-state index in [0.29, 0.717) is 17.4 Å². The van der Waals surface area contributed by atoms with E-state index in [-0.39, 0.29) is 31.5 Å². The fourth-order valence-electron chi connectivity index (χ4n) is 8.56. The summed E-state index contributed by atoms with van der Waals surface area (Å²) < 4.78 is 30.7. The number of allylic oxidation sites excluding steroid dienone is 11. The molecule has 0 aromatic rings. The average Bonchev–Trinajstić information content (AvgIpc) is 3.36. The average molecular weight is 1060 g/mol. The highest BCUT2D eigenvalue weighted by atomic mass is 31.2. The molecule has 0 aromatic carbocycles. The van der Waals surface area contributed by atoms with Gasteiger partial charge < -0.3 is 19.4 Å². The summed E-state index contributed by atoms with van der Waals surface area (Å²) >= 11 is 0. The normalized spacial score (nSPS) is 14.2. The molecule has 0 aromatic heterocycles. The minimum Gasteiger partial charge on any atom is -0.456 e. The van der Waals surface area contributed by atoms with Crippen molar-refractivity contribution in [1.82, 2.24) is 5.32 Å². The maximum Gasteiger partial charge on any atom is 0.472 e. The van der Waals surface area contributed by atoms with Gasteiger partial charge in [-0.1, -0.05) is 229 Å². The number of nitrogens with zero attached hydrogens (tertiary/aromatic N) is 1. The lowest BCUT2D eigenvalue weighted by molar-refractivity contribution is -0.870. The summed E-state index contributed by atoms with van der Waals surface area (Å²) in [5.74, 6) is -0.530. The number of phosphoric acid groups is 1. The monoisotopic (exact) mass is 1060 g/mol. The Morgan fingerprint density at radius 1 is 0.473 bits per heavy atom. The molecule has 0 spiro atoms. The van der Waals surface area contributed by atoms with Crippen molar-refractivity contribution in [2.24, 2.45) is 0 Å². The highest BCUT2D eigenvalue weighted by Crippen LogP contribution is 2.43. The molecular formula is C64H118N2O7P+. The second-order valence-corrected chi connectivity index (χ2v) is 23.3. The number of carbonyl (C=O) groups excluding carboxylic acids is 2. The van der Waals surface area contributed by atoms with Crippen LogP contribution in [0.2, 0.25) is 0 Å². The lowest BCUT2D eigenvalue weighted by Crippen LogP contribution is -2.47. The van der Waals surface area contributed by atoms with Crippen LogP contribution in [0, 0.1) is 0 Å². The Hall–Kier alpha value is -2.55. The molecule has 0 fully saturated rings. The van der Waals surface area contributed by atoms with Crippen molar-refractivity contribution in [3.05, 3.63) is 72.9 Å². The molecule has 3 unspecified atom stereocenters. The van der Waals surface area contributed by atoms with Crippen molar-refractivity contribution < 1.29 is 37.3 Å². The zero-order valence-corrected chi connectivity index (χ0v) is 50.0. The first-order chi connectivity index (χ1) is 35.9. The van der Waals surface area contributed by atoms with Gasteiger partial charge in [0.2, 0.25) is 5.91 Å². The maximum atomic E-state index is 13.5. The summed E-state index contributed by atoms with van der Waals surface area (Å²) in [6.07, 6.45) is 68.9. The van der Waals surface area contributed by atoms with Crippen LogP contribution in [0.5, 0.6) is 0 Å². The molecule has 3 atom stereocenters. The first-order valence-electron chi connectivity index (χ1n) is 30.8. The van der Waals surface area contributed by atoms with Gasteiger partial charge in [-0.05, 0) is 102 Å². The number of rotatable bonds is 55. The third-order valence-corrected chi connectivity index (χ3v) is 14.4. The molecule has 0 saturated heterocycles. The number of nitrogens with one attached hydrogen (secondary N) is 1. The summed E-state index contributed by atoms with van der Waals surface area (Å²) in [6, 6.07) is -0.862. The molecular weight excluding hydrogens is 940 g/mol. The molecule has 74 heavy (non-hydrogen) atoms. The first kappa shape index (κ1) is 71.5. The number of likely N-dealkylation sites (N-methyl/N-ethyl adjacent to an activating group) is 1. The van der Waals surface area contributed by atoms with E-state index in [9.17, 15) is 19.0 Å². The largest absolute Gasteiger partial charge is 0.472 e. The molecule has 1 amide bonds. The van der Waals surface area contributed by atoms with Gasteiger partial charge in [-0.25, -0.2) is 4.57 Å². The van der Waals surface area contributed by atoms with E-state index in [4.69, 9.17) is 13.8 Å². The van der Waals surface area contributed by atoms with Crippen LogP contribution < -0.4 is 5.32 Å². The number of esters is 1. The van der Waals surface area contributed by atoms with Gasteiger partial charge in [-0.3, -0.25) is 18.6 Å². The standard InChI is InChI=1S/C64H117N2O7P/c1-7-10-13-16-19-22-25-28-30-31-32-33-34-35-37-38-41-44-47-50-53-56-63(67)65-61(60-72-74(69,70)71-59-58-66(4,5)6)62(55-52-49-46-43-40-27-24-21-18-15-12-9-3)73-64(68)57-54-51-48-45-42-39-36-29-26-23-20-17-14-11-8-2/h19,22-23,26,28,30,32-33,35,37,52,55,61-62H,7-18,20-21,24-25,27,29,31,34,36,38-51,53-54,56-60H2,1-6H3,(H-,65,67,69,70)/p+1/b22-19-,26-23-,30-28-,33-32-,37-35-,55-52-. The van der Waals surface area contributed by atoms with Gasteiger partial charge in [-0.2, -0.15) is 0 Å². The van der Waals surface area contributed by atoms with E-state index in [0.717, 1.165) is 109 Å². The van der Waals surface area contributed by atoms with Crippen molar-refractivity contribution in [2.45, 2.75) is 283 Å². The molecule has 0 radical (unpaired) electrons. The lowest BCUT2D eigenvalue weighted by atomic mass is 10.0. The smallest absolute Gasteiger partial charge is 0.456 e. The second kappa shape index (κ2) is 53.8. The van der Waals surface area contributed by atoms with Crippen LogP contribution in [0.4, 0.5) is 0 Å². The molecule has 0 saturated carbocycles. The number of quaternary nitrogens is 1. The van der Waals surface area contributed by atoms with Gasteiger partial charge in [0.05, 0.1) is 33.8 Å². The van der Waals surface area contributed by atoms with Gasteiger partial charge in [0, 0.05) is 12.8 Å². The first-order valence-corrected chi connectivity index (χ1v) is 32.3. The Labute approximate surface area is 457 Å². The van der Waals surface area contributed by atoms with E-state index >= 15 is 0 Å². The van der Waals surface area contributed by atoms with E-state index in [2.05, 4.69) is 86.8 Å². The Balaban J connectivity index is 5.30. The van der Waals surface area contributed by atoms with Crippen LogP contribution in [-0.4, -0.2) is 74.3 Å². The van der Waals surface area contributed by atoms with Crippen molar-refractivity contribution in [3.8, 4) is 0 Å². The van der Waals surface area contributed by atoms with Gasteiger partial charge >= 0.3 is 13.8 Å². The fourth-order valence-corrected chi connectivity index (χ4v) is 9.30. The predicted octanol–water partition coefficient (Wildman–Crippen LogP) is 18.8. The van der Waals surface area contributed by atoms with Crippen LogP contribution in [0.25, 0.3) is 0 Å². The minimum absolute atomic E-state index is 0.0334. The Kier molecular flexibility index (Phi) is 52.0. The highest BCUT2D eigenvalue weighted by molar-refractivity contribution is 7.47. The third kappa shape index (κ3) is 54.2. The molecule has 2 N–H and O–H groups in total. The highest BCUT2D eigenvalue weighted by Gasteiger charge is 2.30. The third-order valence-electron chi connectivity index (χ3n) is 13.4. The number of ether oxygens (including phenoxy) is 1. The summed E-state index contributed by atoms with van der Waals surface area (Å²) in [6.45, 7) is 6.96. The number of hydrogen-bond donors (Lipinski definition) is 2. The zero-order chi connectivity index (χ0) is 54.3. The molecule has 0 aliphatic heterocycles. The lowest BCUT2D eigenvalue weighted by Gasteiger charge is -2.27. The predicted molar refractivity (Wildman–Crippen MR) is 318 cm³/mol. The summed E-state index contributed by atoms with van der Waals surface area (Å²) in [4.78, 5) is 37.7. The summed E-state index contributed by atoms with van der Waals surface area (Å²) in [5, 5.41) is 3.04. The van der Waals surface area contributed by atoms with Gasteiger partial charge in [-0.15, -0.1) is 0 Å². The topological polar surface area (TPSA) is 111 Å². The van der Waals surface area contributed by atoms with Crippen LogP contribution >= 0.6 is 7.82 Å². The fraction of sp³-hybridized carbons (Fsp3) is 0.781. The van der Waals surface area contributed by atoms with Gasteiger partial charge in [0.25, 0.3) is 0 Å². The van der Waals surface area contributed by atoms with Crippen molar-refractivity contribution in [2.75, 3.05) is 40.9 Å². The summed E-state index contributed by atoms with van der Waals surface area (Å²) in [5.41, 5.74) is 0. The number of carbonyl (C=O) groups is 2.